The van der Waals surface area contributed by atoms with E-state index in [1.165, 1.54) is 9.80 Å². The maximum Gasteiger partial charge on any atom is 0.408 e. The van der Waals surface area contributed by atoms with Crippen molar-refractivity contribution in [1.82, 2.24) is 20.4 Å². The van der Waals surface area contributed by atoms with Crippen LogP contribution in [0.3, 0.4) is 0 Å². The van der Waals surface area contributed by atoms with Gasteiger partial charge in [0.15, 0.2) is 0 Å². The number of hydrogen-bond donors (Lipinski definition) is 2. The first kappa shape index (κ1) is 39.6. The summed E-state index contributed by atoms with van der Waals surface area (Å²) in [6.07, 6.45) is 0.0578. The normalized spacial score (nSPS) is 15.5. The van der Waals surface area contributed by atoms with E-state index in [2.05, 4.69) is 10.6 Å². The monoisotopic (exact) mass is 696 g/mol. The fraction of sp³-hybridized carbons (Fsp3) is 0.541. The van der Waals surface area contributed by atoms with Crippen LogP contribution < -0.4 is 15.4 Å². The number of amides is 4. The molecule has 0 saturated carbocycles. The van der Waals surface area contributed by atoms with Crippen molar-refractivity contribution in [2.75, 3.05) is 33.3 Å². The van der Waals surface area contributed by atoms with Crippen molar-refractivity contribution in [3.05, 3.63) is 65.7 Å². The number of piperazine rings is 1. The highest BCUT2D eigenvalue weighted by Gasteiger charge is 2.40. The lowest BCUT2D eigenvalue weighted by atomic mass is 9.99. The Bertz CT molecular complexity index is 1440. The summed E-state index contributed by atoms with van der Waals surface area (Å²) in [4.78, 5) is 68.9. The summed E-state index contributed by atoms with van der Waals surface area (Å²) in [5.74, 6) is -0.768. The number of esters is 1. The highest BCUT2D eigenvalue weighted by atomic mass is 16.6. The van der Waals surface area contributed by atoms with Crippen molar-refractivity contribution in [3.63, 3.8) is 0 Å². The van der Waals surface area contributed by atoms with Crippen molar-refractivity contribution < 1.29 is 42.9 Å². The number of methoxy groups -OCH3 is 1. The molecule has 1 saturated heterocycles. The number of rotatable bonds is 14. The van der Waals surface area contributed by atoms with Crippen LogP contribution in [0.2, 0.25) is 0 Å². The third-order valence-electron chi connectivity index (χ3n) is 7.58. The molecule has 0 unspecified atom stereocenters. The van der Waals surface area contributed by atoms with E-state index in [0.717, 1.165) is 11.1 Å². The van der Waals surface area contributed by atoms with Crippen LogP contribution in [0, 0.1) is 0 Å². The zero-order chi connectivity index (χ0) is 36.9. The van der Waals surface area contributed by atoms with Crippen LogP contribution in [0.15, 0.2) is 54.6 Å². The van der Waals surface area contributed by atoms with Gasteiger partial charge >= 0.3 is 18.2 Å². The lowest BCUT2D eigenvalue weighted by Gasteiger charge is -2.42. The van der Waals surface area contributed by atoms with Gasteiger partial charge in [-0.05, 0) is 84.1 Å². The molecule has 13 nitrogen and oxygen atoms in total. The third kappa shape index (κ3) is 13.6. The van der Waals surface area contributed by atoms with Crippen molar-refractivity contribution in [2.24, 2.45) is 0 Å². The van der Waals surface area contributed by atoms with Gasteiger partial charge in [0.25, 0.3) is 0 Å². The molecule has 3 rings (SSSR count). The van der Waals surface area contributed by atoms with Crippen molar-refractivity contribution in [1.29, 1.82) is 0 Å². The van der Waals surface area contributed by atoms with Gasteiger partial charge in [-0.15, -0.1) is 0 Å². The van der Waals surface area contributed by atoms with Gasteiger partial charge in [-0.3, -0.25) is 14.4 Å². The second-order valence-corrected chi connectivity index (χ2v) is 14.1. The van der Waals surface area contributed by atoms with Crippen molar-refractivity contribution >= 4 is 30.0 Å². The Morgan fingerprint density at radius 1 is 0.840 bits per heavy atom. The molecule has 13 heteroatoms. The molecule has 2 N–H and O–H groups in total. The average Bonchev–Trinajstić information content (AvgIpc) is 3.03. The Hall–Kier alpha value is -4.81. The molecule has 0 aromatic heterocycles. The second-order valence-electron chi connectivity index (χ2n) is 14.1. The van der Waals surface area contributed by atoms with Gasteiger partial charge in [0, 0.05) is 26.1 Å². The summed E-state index contributed by atoms with van der Waals surface area (Å²) >= 11 is 0. The number of nitrogens with one attached hydrogen (secondary N) is 2. The lowest BCUT2D eigenvalue weighted by molar-refractivity contribution is -0.163. The first-order valence-electron chi connectivity index (χ1n) is 16.9. The SMILES string of the molecule is COc1ccc(C[C@H](NC(=O)OCc2ccccc2)C(=O)N2CCN(CC(=O)OC(C)(C)C)C(=O)[C@@H]2CCCCNC(=O)OC(C)(C)C)cc1. The molecule has 1 fully saturated rings. The molecule has 2 aromatic rings. The van der Waals surface area contributed by atoms with Crippen LogP contribution >= 0.6 is 0 Å². The number of ether oxygens (including phenoxy) is 4. The molecule has 0 radical (unpaired) electrons. The van der Waals surface area contributed by atoms with Gasteiger partial charge in [-0.2, -0.15) is 0 Å². The Labute approximate surface area is 294 Å². The zero-order valence-corrected chi connectivity index (χ0v) is 30.3. The minimum atomic E-state index is -1.06. The van der Waals surface area contributed by atoms with E-state index in [9.17, 15) is 24.0 Å². The average molecular weight is 697 g/mol. The topological polar surface area (TPSA) is 153 Å². The molecule has 1 heterocycles. The van der Waals surface area contributed by atoms with E-state index in [1.807, 2.05) is 30.3 Å². The fourth-order valence-corrected chi connectivity index (χ4v) is 5.34. The zero-order valence-electron chi connectivity index (χ0n) is 30.3. The number of carbonyl (C=O) groups is 5. The van der Waals surface area contributed by atoms with Crippen molar-refractivity contribution in [3.8, 4) is 5.75 Å². The Kier molecular flexibility index (Phi) is 14.5. The molecule has 0 bridgehead atoms. The molecule has 1 aliphatic heterocycles. The standard InChI is InChI=1S/C37H52N4O9/c1-36(2,3)49-31(42)24-40-21-22-41(30(33(40)44)15-11-12-20-38-34(45)50-37(4,5)6)32(43)29(23-26-16-18-28(47-7)19-17-26)39-35(46)48-25-27-13-9-8-10-14-27/h8-10,13-14,16-19,29-30H,11-12,15,20-25H2,1-7H3,(H,38,45)(H,39,46)/t29-,30-/m0/s1. The highest BCUT2D eigenvalue weighted by Crippen LogP contribution is 2.21. The summed E-state index contributed by atoms with van der Waals surface area (Å²) in [7, 11) is 1.55. The highest BCUT2D eigenvalue weighted by molar-refractivity contribution is 5.93. The van der Waals surface area contributed by atoms with Gasteiger partial charge in [0.2, 0.25) is 11.8 Å². The summed E-state index contributed by atoms with van der Waals surface area (Å²) in [6.45, 7) is 10.9. The van der Waals surface area contributed by atoms with Crippen LogP contribution in [0.4, 0.5) is 9.59 Å². The smallest absolute Gasteiger partial charge is 0.408 e. The fourth-order valence-electron chi connectivity index (χ4n) is 5.34. The predicted octanol–water partition coefficient (Wildman–Crippen LogP) is 4.61. The van der Waals surface area contributed by atoms with Crippen molar-refractivity contribution in [2.45, 2.75) is 97.1 Å². The first-order valence-corrected chi connectivity index (χ1v) is 16.9. The third-order valence-corrected chi connectivity index (χ3v) is 7.58. The van der Waals surface area contributed by atoms with Crippen LogP contribution in [-0.2, 0) is 41.6 Å². The second kappa shape index (κ2) is 18.3. The molecular formula is C37H52N4O9. The molecule has 0 aliphatic carbocycles. The minimum Gasteiger partial charge on any atom is -0.497 e. The number of carbonyl (C=O) groups excluding carboxylic acids is 5. The Balaban J connectivity index is 1.79. The molecule has 4 amide bonds. The summed E-state index contributed by atoms with van der Waals surface area (Å²) in [5.41, 5.74) is 0.177. The number of nitrogens with zero attached hydrogens (tertiary/aromatic N) is 2. The van der Waals surface area contributed by atoms with Gasteiger partial charge < -0.3 is 39.4 Å². The quantitative estimate of drug-likeness (QED) is 0.164. The molecule has 2 aromatic carbocycles. The predicted molar refractivity (Wildman–Crippen MR) is 186 cm³/mol. The summed E-state index contributed by atoms with van der Waals surface area (Å²) in [5, 5.41) is 5.44. The molecule has 274 valence electrons. The van der Waals surface area contributed by atoms with E-state index >= 15 is 0 Å². The number of benzene rings is 2. The molecule has 1 aliphatic rings. The van der Waals surface area contributed by atoms with E-state index in [-0.39, 0.29) is 39.1 Å². The van der Waals surface area contributed by atoms with Crippen LogP contribution in [0.5, 0.6) is 5.75 Å². The Morgan fingerprint density at radius 3 is 2.12 bits per heavy atom. The van der Waals surface area contributed by atoms with Crippen LogP contribution in [-0.4, -0.2) is 96.3 Å². The number of hydrogen-bond acceptors (Lipinski definition) is 9. The minimum absolute atomic E-state index is 0.0118. The van der Waals surface area contributed by atoms with E-state index in [1.54, 1.807) is 72.9 Å². The van der Waals surface area contributed by atoms with Gasteiger partial charge in [-0.25, -0.2) is 9.59 Å². The number of alkyl carbamates (subject to hydrolysis) is 2. The molecule has 0 spiro atoms. The van der Waals surface area contributed by atoms with Gasteiger partial charge in [0.05, 0.1) is 7.11 Å². The van der Waals surface area contributed by atoms with E-state index in [0.29, 0.717) is 25.1 Å². The maximum atomic E-state index is 14.3. The largest absolute Gasteiger partial charge is 0.497 e. The molecule has 50 heavy (non-hydrogen) atoms. The van der Waals surface area contributed by atoms with Crippen LogP contribution in [0.1, 0.15) is 71.9 Å². The number of unbranched alkanes of at least 4 members (excludes halogenated alkanes) is 1. The lowest BCUT2D eigenvalue weighted by Crippen LogP contribution is -2.63. The summed E-state index contributed by atoms with van der Waals surface area (Å²) < 4.78 is 21.5. The van der Waals surface area contributed by atoms with E-state index in [4.69, 9.17) is 18.9 Å². The van der Waals surface area contributed by atoms with Gasteiger partial charge in [-0.1, -0.05) is 42.5 Å². The van der Waals surface area contributed by atoms with Gasteiger partial charge in [0.1, 0.15) is 42.2 Å². The maximum absolute atomic E-state index is 14.3. The van der Waals surface area contributed by atoms with Crippen LogP contribution in [0.25, 0.3) is 0 Å². The van der Waals surface area contributed by atoms with E-state index < -0.39 is 53.3 Å². The Morgan fingerprint density at radius 2 is 1.50 bits per heavy atom. The molecular weight excluding hydrogens is 644 g/mol. The summed E-state index contributed by atoms with van der Waals surface area (Å²) in [6, 6.07) is 14.3. The molecule has 2 atom stereocenters. The first-order chi connectivity index (χ1) is 23.5.